The molecule has 0 aliphatic carbocycles. The van der Waals surface area contributed by atoms with Crippen LogP contribution in [0.15, 0.2) is 18.2 Å². The standard InChI is InChI=1S/C12H17FN2S/c1-12(2)6-7-15(8-9-16-12)11-5-3-4-10(13)14-11/h3-5H,6-9H2,1-2H3. The number of nitrogens with zero attached hydrogens (tertiary/aromatic N) is 2. The number of aromatic nitrogens is 1. The molecule has 2 nitrogen and oxygen atoms in total. The van der Waals surface area contributed by atoms with E-state index in [1.807, 2.05) is 17.8 Å². The third-order valence-electron chi connectivity index (χ3n) is 2.86. The Bertz CT molecular complexity index is 368. The lowest BCUT2D eigenvalue weighted by atomic mass is 10.1. The number of halogens is 1. The Morgan fingerprint density at radius 2 is 2.19 bits per heavy atom. The van der Waals surface area contributed by atoms with Crippen LogP contribution in [0.4, 0.5) is 10.2 Å². The van der Waals surface area contributed by atoms with E-state index in [0.717, 1.165) is 31.1 Å². The summed E-state index contributed by atoms with van der Waals surface area (Å²) < 4.78 is 13.4. The third kappa shape index (κ3) is 2.88. The third-order valence-corrected chi connectivity index (χ3v) is 4.23. The van der Waals surface area contributed by atoms with Gasteiger partial charge in [-0.1, -0.05) is 19.9 Å². The van der Waals surface area contributed by atoms with E-state index < -0.39 is 5.95 Å². The zero-order valence-corrected chi connectivity index (χ0v) is 10.6. The summed E-state index contributed by atoms with van der Waals surface area (Å²) in [5.41, 5.74) is 0. The molecule has 2 rings (SSSR count). The Labute approximate surface area is 100 Å². The van der Waals surface area contributed by atoms with Gasteiger partial charge in [-0.25, -0.2) is 4.98 Å². The van der Waals surface area contributed by atoms with Gasteiger partial charge in [-0.2, -0.15) is 16.2 Å². The predicted octanol–water partition coefficient (Wildman–Crippen LogP) is 2.94. The second-order valence-electron chi connectivity index (χ2n) is 4.66. The van der Waals surface area contributed by atoms with Crippen LogP contribution in [0.5, 0.6) is 0 Å². The molecular formula is C12H17FN2S. The second kappa shape index (κ2) is 4.62. The van der Waals surface area contributed by atoms with Gasteiger partial charge in [-0.15, -0.1) is 0 Å². The molecule has 0 atom stereocenters. The zero-order chi connectivity index (χ0) is 11.6. The van der Waals surface area contributed by atoms with Crippen LogP contribution in [-0.4, -0.2) is 28.6 Å². The van der Waals surface area contributed by atoms with Gasteiger partial charge >= 0.3 is 0 Å². The summed E-state index contributed by atoms with van der Waals surface area (Å²) in [7, 11) is 0. The van der Waals surface area contributed by atoms with Gasteiger partial charge in [-0.3, -0.25) is 0 Å². The fourth-order valence-corrected chi connectivity index (χ4v) is 2.92. The van der Waals surface area contributed by atoms with Gasteiger partial charge in [0.05, 0.1) is 0 Å². The second-order valence-corrected chi connectivity index (χ2v) is 6.47. The topological polar surface area (TPSA) is 16.1 Å². The van der Waals surface area contributed by atoms with Crippen molar-refractivity contribution in [3.8, 4) is 0 Å². The lowest BCUT2D eigenvalue weighted by molar-refractivity contribution is 0.577. The summed E-state index contributed by atoms with van der Waals surface area (Å²) in [4.78, 5) is 6.11. The van der Waals surface area contributed by atoms with Crippen molar-refractivity contribution in [3.63, 3.8) is 0 Å². The highest BCUT2D eigenvalue weighted by atomic mass is 32.2. The number of hydrogen-bond donors (Lipinski definition) is 0. The minimum atomic E-state index is -0.395. The first-order chi connectivity index (χ1) is 7.57. The molecule has 1 fully saturated rings. The van der Waals surface area contributed by atoms with Gasteiger partial charge in [0.15, 0.2) is 0 Å². The first kappa shape index (κ1) is 11.7. The Morgan fingerprint density at radius 3 is 2.94 bits per heavy atom. The smallest absolute Gasteiger partial charge is 0.214 e. The molecule has 1 aromatic heterocycles. The molecule has 1 saturated heterocycles. The molecule has 1 aliphatic heterocycles. The summed E-state index contributed by atoms with van der Waals surface area (Å²) in [5, 5.41) is 0. The van der Waals surface area contributed by atoms with E-state index in [-0.39, 0.29) is 0 Å². The van der Waals surface area contributed by atoms with Crippen molar-refractivity contribution in [2.24, 2.45) is 0 Å². The molecule has 4 heteroatoms. The Morgan fingerprint density at radius 1 is 1.38 bits per heavy atom. The molecule has 0 radical (unpaired) electrons. The minimum absolute atomic E-state index is 0.322. The number of pyridine rings is 1. The largest absolute Gasteiger partial charge is 0.356 e. The molecule has 2 heterocycles. The van der Waals surface area contributed by atoms with E-state index in [1.54, 1.807) is 6.07 Å². The van der Waals surface area contributed by atoms with Crippen LogP contribution in [0.3, 0.4) is 0 Å². The van der Waals surface area contributed by atoms with Crippen molar-refractivity contribution >= 4 is 17.6 Å². The maximum absolute atomic E-state index is 13.0. The van der Waals surface area contributed by atoms with Crippen LogP contribution >= 0.6 is 11.8 Å². The average molecular weight is 240 g/mol. The molecule has 0 spiro atoms. The molecule has 0 unspecified atom stereocenters. The first-order valence-electron chi connectivity index (χ1n) is 5.58. The van der Waals surface area contributed by atoms with Crippen molar-refractivity contribution in [1.29, 1.82) is 0 Å². The summed E-state index contributed by atoms with van der Waals surface area (Å²) in [6.07, 6.45) is 1.11. The molecule has 1 aliphatic rings. The molecule has 0 bridgehead atoms. The maximum atomic E-state index is 13.0. The molecule has 16 heavy (non-hydrogen) atoms. The van der Waals surface area contributed by atoms with Crippen molar-refractivity contribution in [2.45, 2.75) is 25.0 Å². The Balaban J connectivity index is 2.11. The Hall–Kier alpha value is -0.770. The molecule has 1 aromatic rings. The lowest BCUT2D eigenvalue weighted by Crippen LogP contribution is -2.27. The van der Waals surface area contributed by atoms with E-state index in [2.05, 4.69) is 23.7 Å². The SMILES string of the molecule is CC1(C)CCN(c2cccc(F)n2)CCS1. The quantitative estimate of drug-likeness (QED) is 0.702. The molecule has 88 valence electrons. The van der Waals surface area contributed by atoms with E-state index in [4.69, 9.17) is 0 Å². The zero-order valence-electron chi connectivity index (χ0n) is 9.74. The lowest BCUT2D eigenvalue weighted by Gasteiger charge is -2.23. The molecule has 0 aromatic carbocycles. The summed E-state index contributed by atoms with van der Waals surface area (Å²) in [6, 6.07) is 4.99. The average Bonchev–Trinajstić information content (AvgIpc) is 2.39. The number of rotatable bonds is 1. The monoisotopic (exact) mass is 240 g/mol. The van der Waals surface area contributed by atoms with Gasteiger partial charge in [0.25, 0.3) is 0 Å². The van der Waals surface area contributed by atoms with Gasteiger partial charge in [-0.05, 0) is 18.6 Å². The van der Waals surface area contributed by atoms with Crippen LogP contribution < -0.4 is 4.90 Å². The van der Waals surface area contributed by atoms with Crippen molar-refractivity contribution < 1.29 is 4.39 Å². The Kier molecular flexibility index (Phi) is 3.38. The maximum Gasteiger partial charge on any atom is 0.214 e. The van der Waals surface area contributed by atoms with Crippen molar-refractivity contribution in [1.82, 2.24) is 4.98 Å². The van der Waals surface area contributed by atoms with Gasteiger partial charge in [0.1, 0.15) is 5.82 Å². The molecular weight excluding hydrogens is 223 g/mol. The molecule has 0 N–H and O–H groups in total. The number of anilines is 1. The van der Waals surface area contributed by atoms with Crippen LogP contribution in [-0.2, 0) is 0 Å². The number of hydrogen-bond acceptors (Lipinski definition) is 3. The fraction of sp³-hybridized carbons (Fsp3) is 0.583. The van der Waals surface area contributed by atoms with Gasteiger partial charge in [0.2, 0.25) is 5.95 Å². The fourth-order valence-electron chi connectivity index (χ4n) is 1.82. The highest BCUT2D eigenvalue weighted by Crippen LogP contribution is 2.31. The van der Waals surface area contributed by atoms with Crippen LogP contribution in [0.2, 0.25) is 0 Å². The number of thioether (sulfide) groups is 1. The predicted molar refractivity (Wildman–Crippen MR) is 67.6 cm³/mol. The van der Waals surface area contributed by atoms with Crippen LogP contribution in [0, 0.1) is 5.95 Å². The van der Waals surface area contributed by atoms with E-state index >= 15 is 0 Å². The summed E-state index contributed by atoms with van der Waals surface area (Å²) in [6.45, 7) is 6.43. The highest BCUT2D eigenvalue weighted by Gasteiger charge is 2.24. The highest BCUT2D eigenvalue weighted by molar-refractivity contribution is 8.00. The first-order valence-corrected chi connectivity index (χ1v) is 6.57. The van der Waals surface area contributed by atoms with E-state index in [0.29, 0.717) is 4.75 Å². The molecule has 0 saturated carbocycles. The van der Waals surface area contributed by atoms with Crippen LogP contribution in [0.1, 0.15) is 20.3 Å². The summed E-state index contributed by atoms with van der Waals surface area (Å²) in [5.74, 6) is 1.44. The minimum Gasteiger partial charge on any atom is -0.356 e. The summed E-state index contributed by atoms with van der Waals surface area (Å²) >= 11 is 1.98. The normalized spacial score (nSPS) is 20.6. The van der Waals surface area contributed by atoms with Crippen LogP contribution in [0.25, 0.3) is 0 Å². The van der Waals surface area contributed by atoms with Crippen molar-refractivity contribution in [3.05, 3.63) is 24.1 Å². The molecule has 0 amide bonds. The van der Waals surface area contributed by atoms with Crippen molar-refractivity contribution in [2.75, 3.05) is 23.7 Å². The van der Waals surface area contributed by atoms with Gasteiger partial charge in [0, 0.05) is 23.6 Å². The van der Waals surface area contributed by atoms with E-state index in [9.17, 15) is 4.39 Å². The van der Waals surface area contributed by atoms with E-state index in [1.165, 1.54) is 6.07 Å². The van der Waals surface area contributed by atoms with Gasteiger partial charge < -0.3 is 4.90 Å².